The quantitative estimate of drug-likeness (QED) is 0.563. The number of carbonyl (C=O) groups is 3. The van der Waals surface area contributed by atoms with Gasteiger partial charge in [-0.15, -0.1) is 0 Å². The average molecular weight is 384 g/mol. The fourth-order valence-electron chi connectivity index (χ4n) is 3.02. The van der Waals surface area contributed by atoms with Gasteiger partial charge in [-0.1, -0.05) is 12.1 Å². The number of nitriles is 1. The van der Waals surface area contributed by atoms with Crippen molar-refractivity contribution in [2.24, 2.45) is 16.8 Å². The number of hydrogen-bond donors (Lipinski definition) is 0. The minimum atomic E-state index is -1.23. The molecule has 1 unspecified atom stereocenters. The van der Waals surface area contributed by atoms with Gasteiger partial charge >= 0.3 is 17.9 Å². The Morgan fingerprint density at radius 2 is 1.68 bits per heavy atom. The molecule has 28 heavy (non-hydrogen) atoms. The van der Waals surface area contributed by atoms with Crippen LogP contribution in [0.3, 0.4) is 0 Å². The number of carbonyl (C=O) groups excluding carboxylic acids is 3. The topological polar surface area (TPSA) is 115 Å². The largest absolute Gasteiger partial charge is 0.468 e. The van der Waals surface area contributed by atoms with Crippen molar-refractivity contribution in [3.05, 3.63) is 46.7 Å². The molecular weight excluding hydrogens is 364 g/mol. The van der Waals surface area contributed by atoms with Crippen LogP contribution >= 0.6 is 0 Å². The molecule has 1 heterocycles. The highest BCUT2D eigenvalue weighted by Crippen LogP contribution is 2.33. The van der Waals surface area contributed by atoms with E-state index < -0.39 is 29.7 Å². The highest BCUT2D eigenvalue weighted by molar-refractivity contribution is 6.10. The summed E-state index contributed by atoms with van der Waals surface area (Å²) in [5.41, 5.74) is 1.73. The van der Waals surface area contributed by atoms with Gasteiger partial charge in [0.1, 0.15) is 18.4 Å². The van der Waals surface area contributed by atoms with Gasteiger partial charge in [0.2, 0.25) is 0 Å². The molecule has 1 aliphatic heterocycles. The second kappa shape index (κ2) is 8.95. The molecule has 2 atom stereocenters. The van der Waals surface area contributed by atoms with Gasteiger partial charge in [0, 0.05) is 11.4 Å². The minimum Gasteiger partial charge on any atom is -0.468 e. The lowest BCUT2D eigenvalue weighted by molar-refractivity contribution is -0.157. The minimum absolute atomic E-state index is 0.0340. The SMILES string of the molecule is COC(=O)C1=C(C)N=C(C)C(C(=O)OC)[C@@H]1C(=O)OCc1ccc(C#N)cc1. The van der Waals surface area contributed by atoms with Crippen molar-refractivity contribution in [3.8, 4) is 6.07 Å². The van der Waals surface area contributed by atoms with Crippen LogP contribution in [0.25, 0.3) is 0 Å². The standard InChI is InChI=1S/C20H20N2O6/c1-11-15(18(23)26-3)17(16(12(2)22-11)19(24)27-4)20(25)28-10-14-7-5-13(9-21)6-8-14/h5-8,15,17H,10H2,1-4H3/t15?,17-/m0/s1. The highest BCUT2D eigenvalue weighted by atomic mass is 16.5. The van der Waals surface area contributed by atoms with E-state index in [-0.39, 0.29) is 17.9 Å². The summed E-state index contributed by atoms with van der Waals surface area (Å²) >= 11 is 0. The number of ether oxygens (including phenoxy) is 3. The number of esters is 3. The molecule has 1 aromatic carbocycles. The summed E-state index contributed by atoms with van der Waals surface area (Å²) in [5, 5.41) is 8.84. The number of aliphatic imine (C=N–C) groups is 1. The molecule has 146 valence electrons. The zero-order valence-electron chi connectivity index (χ0n) is 16.0. The number of nitrogens with zero attached hydrogens (tertiary/aromatic N) is 2. The molecule has 0 radical (unpaired) electrons. The Morgan fingerprint density at radius 3 is 2.21 bits per heavy atom. The first-order chi connectivity index (χ1) is 13.3. The third kappa shape index (κ3) is 4.26. The molecular formula is C20H20N2O6. The first-order valence-corrected chi connectivity index (χ1v) is 8.41. The van der Waals surface area contributed by atoms with Crippen LogP contribution in [0.4, 0.5) is 0 Å². The van der Waals surface area contributed by atoms with Crippen molar-refractivity contribution in [2.45, 2.75) is 20.5 Å². The number of allylic oxidation sites excluding steroid dienone is 1. The summed E-state index contributed by atoms with van der Waals surface area (Å²) in [4.78, 5) is 41.6. The van der Waals surface area contributed by atoms with E-state index >= 15 is 0 Å². The van der Waals surface area contributed by atoms with Crippen LogP contribution in [0.15, 0.2) is 40.5 Å². The van der Waals surface area contributed by atoms with Gasteiger partial charge in [-0.05, 0) is 31.5 Å². The first-order valence-electron chi connectivity index (χ1n) is 8.41. The van der Waals surface area contributed by atoms with Crippen molar-refractivity contribution >= 4 is 23.6 Å². The zero-order chi connectivity index (χ0) is 20.8. The Balaban J connectivity index is 2.33. The highest BCUT2D eigenvalue weighted by Gasteiger charge is 2.46. The van der Waals surface area contributed by atoms with E-state index in [9.17, 15) is 14.4 Å². The van der Waals surface area contributed by atoms with Gasteiger partial charge < -0.3 is 14.2 Å². The third-order valence-electron chi connectivity index (χ3n) is 4.41. The normalized spacial score (nSPS) is 18.6. The van der Waals surface area contributed by atoms with E-state index in [2.05, 4.69) is 4.99 Å². The third-order valence-corrected chi connectivity index (χ3v) is 4.41. The van der Waals surface area contributed by atoms with Crippen LogP contribution in [0.2, 0.25) is 0 Å². The number of benzene rings is 1. The summed E-state index contributed by atoms with van der Waals surface area (Å²) in [6.07, 6.45) is 0. The summed E-state index contributed by atoms with van der Waals surface area (Å²) in [6, 6.07) is 8.50. The molecule has 0 N–H and O–H groups in total. The Morgan fingerprint density at radius 1 is 1.04 bits per heavy atom. The molecule has 0 amide bonds. The van der Waals surface area contributed by atoms with Crippen molar-refractivity contribution in [1.29, 1.82) is 5.26 Å². The molecule has 8 nitrogen and oxygen atoms in total. The molecule has 0 saturated heterocycles. The van der Waals surface area contributed by atoms with Crippen LogP contribution in [-0.4, -0.2) is 37.8 Å². The van der Waals surface area contributed by atoms with E-state index in [1.54, 1.807) is 38.1 Å². The van der Waals surface area contributed by atoms with Gasteiger partial charge in [0.15, 0.2) is 0 Å². The maximum atomic E-state index is 12.9. The fourth-order valence-corrected chi connectivity index (χ4v) is 3.02. The van der Waals surface area contributed by atoms with E-state index in [0.29, 0.717) is 16.8 Å². The Labute approximate surface area is 162 Å². The summed E-state index contributed by atoms with van der Waals surface area (Å²) in [7, 11) is 2.37. The molecule has 2 rings (SSSR count). The van der Waals surface area contributed by atoms with Crippen molar-refractivity contribution in [2.75, 3.05) is 14.2 Å². The number of rotatable bonds is 5. The van der Waals surface area contributed by atoms with Crippen molar-refractivity contribution in [1.82, 2.24) is 0 Å². The summed E-state index contributed by atoms with van der Waals surface area (Å²) in [6.45, 7) is 3.06. The Bertz CT molecular complexity index is 892. The van der Waals surface area contributed by atoms with E-state index in [0.717, 1.165) is 0 Å². The van der Waals surface area contributed by atoms with Gasteiger partial charge in [0.05, 0.1) is 31.4 Å². The predicted molar refractivity (Wildman–Crippen MR) is 97.8 cm³/mol. The maximum absolute atomic E-state index is 12.9. The zero-order valence-corrected chi connectivity index (χ0v) is 16.0. The molecule has 0 fully saturated rings. The van der Waals surface area contributed by atoms with E-state index in [1.807, 2.05) is 6.07 Å². The lowest BCUT2D eigenvalue weighted by Crippen LogP contribution is -2.42. The lowest BCUT2D eigenvalue weighted by atomic mass is 9.80. The smallest absolute Gasteiger partial charge is 0.336 e. The van der Waals surface area contributed by atoms with Crippen LogP contribution in [0, 0.1) is 23.2 Å². The van der Waals surface area contributed by atoms with Crippen LogP contribution in [-0.2, 0) is 35.2 Å². The molecule has 0 saturated carbocycles. The molecule has 0 bridgehead atoms. The second-order valence-corrected chi connectivity index (χ2v) is 6.14. The number of methoxy groups -OCH3 is 2. The Hall–Kier alpha value is -3.47. The van der Waals surface area contributed by atoms with Crippen LogP contribution in [0.5, 0.6) is 0 Å². The van der Waals surface area contributed by atoms with Gasteiger partial charge in [-0.2, -0.15) is 5.26 Å². The lowest BCUT2D eigenvalue weighted by Gasteiger charge is -2.29. The molecule has 8 heteroatoms. The first kappa shape index (κ1) is 20.8. The van der Waals surface area contributed by atoms with Gasteiger partial charge in [0.25, 0.3) is 0 Å². The van der Waals surface area contributed by atoms with Crippen molar-refractivity contribution in [3.63, 3.8) is 0 Å². The Kier molecular flexibility index (Phi) is 6.66. The van der Waals surface area contributed by atoms with Crippen LogP contribution < -0.4 is 0 Å². The average Bonchev–Trinajstić information content (AvgIpc) is 2.70. The van der Waals surface area contributed by atoms with Crippen molar-refractivity contribution < 1.29 is 28.6 Å². The second-order valence-electron chi connectivity index (χ2n) is 6.14. The number of hydrogen-bond acceptors (Lipinski definition) is 8. The maximum Gasteiger partial charge on any atom is 0.336 e. The summed E-state index contributed by atoms with van der Waals surface area (Å²) in [5.74, 6) is -4.54. The molecule has 0 aromatic heterocycles. The molecule has 1 aromatic rings. The van der Waals surface area contributed by atoms with E-state index in [1.165, 1.54) is 14.2 Å². The monoisotopic (exact) mass is 384 g/mol. The van der Waals surface area contributed by atoms with E-state index in [4.69, 9.17) is 19.5 Å². The van der Waals surface area contributed by atoms with Gasteiger partial charge in [-0.25, -0.2) is 4.79 Å². The van der Waals surface area contributed by atoms with Crippen LogP contribution in [0.1, 0.15) is 25.0 Å². The predicted octanol–water partition coefficient (Wildman–Crippen LogP) is 1.93. The summed E-state index contributed by atoms with van der Waals surface area (Å²) < 4.78 is 14.9. The molecule has 0 spiro atoms. The molecule has 0 aliphatic carbocycles. The fraction of sp³-hybridized carbons (Fsp3) is 0.350. The van der Waals surface area contributed by atoms with Gasteiger partial charge in [-0.3, -0.25) is 14.6 Å². The molecule has 1 aliphatic rings.